The minimum absolute atomic E-state index is 0.301. The Balaban J connectivity index is 1.80. The maximum absolute atomic E-state index is 11.7. The molecule has 2 heterocycles. The van der Waals surface area contributed by atoms with E-state index in [-0.39, 0.29) is 0 Å². The number of aryl methyl sites for hydroxylation is 1. The first-order chi connectivity index (χ1) is 7.84. The van der Waals surface area contributed by atoms with E-state index in [4.69, 9.17) is 0 Å². The van der Waals surface area contributed by atoms with Gasteiger partial charge in [-0.25, -0.2) is 0 Å². The monoisotopic (exact) mass is 231 g/mol. The van der Waals surface area contributed by atoms with Crippen LogP contribution in [0.15, 0.2) is 41.4 Å². The Labute approximate surface area is 99.0 Å². The first-order valence-corrected chi connectivity index (χ1v) is 6.20. The fraction of sp³-hybridized carbons (Fsp3) is 0.231. The van der Waals surface area contributed by atoms with Crippen molar-refractivity contribution in [3.05, 3.63) is 52.5 Å². The molecule has 16 heavy (non-hydrogen) atoms. The molecule has 0 aliphatic carbocycles. The molecule has 0 bridgehead atoms. The largest absolute Gasteiger partial charge is 0.299 e. The van der Waals surface area contributed by atoms with Gasteiger partial charge in [0, 0.05) is 25.2 Å². The average molecular weight is 231 g/mol. The van der Waals surface area contributed by atoms with Crippen molar-refractivity contribution in [3.8, 4) is 0 Å². The molecule has 0 saturated heterocycles. The van der Waals surface area contributed by atoms with E-state index in [0.717, 1.165) is 12.0 Å². The lowest BCUT2D eigenvalue weighted by molar-refractivity contribution is -0.118. The van der Waals surface area contributed by atoms with Crippen molar-refractivity contribution in [2.75, 3.05) is 0 Å². The van der Waals surface area contributed by atoms with Crippen LogP contribution >= 0.6 is 11.3 Å². The molecule has 0 radical (unpaired) electrons. The third kappa shape index (κ3) is 3.28. The molecule has 0 spiro atoms. The van der Waals surface area contributed by atoms with Crippen LogP contribution in [0.3, 0.4) is 0 Å². The van der Waals surface area contributed by atoms with Crippen molar-refractivity contribution in [2.45, 2.75) is 19.3 Å². The van der Waals surface area contributed by atoms with Gasteiger partial charge in [-0.2, -0.15) is 11.3 Å². The molecule has 0 amide bonds. The number of nitrogens with zero attached hydrogens (tertiary/aromatic N) is 1. The van der Waals surface area contributed by atoms with E-state index in [2.05, 4.69) is 4.98 Å². The average Bonchev–Trinajstić information content (AvgIpc) is 2.81. The van der Waals surface area contributed by atoms with Crippen LogP contribution in [0.2, 0.25) is 0 Å². The van der Waals surface area contributed by atoms with E-state index in [1.807, 2.05) is 29.0 Å². The SMILES string of the molecule is O=C(CCc1ccncc1)Cc1ccsc1. The zero-order valence-electron chi connectivity index (χ0n) is 8.93. The van der Waals surface area contributed by atoms with Crippen molar-refractivity contribution >= 4 is 17.1 Å². The van der Waals surface area contributed by atoms with Gasteiger partial charge in [0.05, 0.1) is 0 Å². The molecule has 0 fully saturated rings. The summed E-state index contributed by atoms with van der Waals surface area (Å²) in [5.74, 6) is 0.301. The summed E-state index contributed by atoms with van der Waals surface area (Å²) < 4.78 is 0. The van der Waals surface area contributed by atoms with Crippen molar-refractivity contribution < 1.29 is 4.79 Å². The van der Waals surface area contributed by atoms with E-state index in [0.29, 0.717) is 18.6 Å². The number of pyridine rings is 1. The number of aromatic nitrogens is 1. The second-order valence-electron chi connectivity index (χ2n) is 3.70. The second kappa shape index (κ2) is 5.56. The summed E-state index contributed by atoms with van der Waals surface area (Å²) in [7, 11) is 0. The number of hydrogen-bond acceptors (Lipinski definition) is 3. The van der Waals surface area contributed by atoms with Crippen LogP contribution in [0.1, 0.15) is 17.5 Å². The lowest BCUT2D eigenvalue weighted by atomic mass is 10.1. The van der Waals surface area contributed by atoms with E-state index >= 15 is 0 Å². The van der Waals surface area contributed by atoms with Gasteiger partial charge in [0.25, 0.3) is 0 Å². The zero-order valence-corrected chi connectivity index (χ0v) is 9.74. The Bertz CT molecular complexity index is 436. The summed E-state index contributed by atoms with van der Waals surface area (Å²) in [6.07, 6.45) is 5.51. The van der Waals surface area contributed by atoms with Crippen molar-refractivity contribution in [2.24, 2.45) is 0 Å². The maximum Gasteiger partial charge on any atom is 0.137 e. The molecule has 2 aromatic rings. The molecule has 0 aliphatic rings. The molecule has 0 unspecified atom stereocenters. The van der Waals surface area contributed by atoms with Gasteiger partial charge in [0.1, 0.15) is 5.78 Å². The molecule has 2 aromatic heterocycles. The topological polar surface area (TPSA) is 30.0 Å². The molecule has 0 aromatic carbocycles. The van der Waals surface area contributed by atoms with Crippen molar-refractivity contribution in [1.29, 1.82) is 0 Å². The molecule has 2 nitrogen and oxygen atoms in total. The molecule has 0 aliphatic heterocycles. The van der Waals surface area contributed by atoms with Gasteiger partial charge in [-0.15, -0.1) is 0 Å². The smallest absolute Gasteiger partial charge is 0.137 e. The standard InChI is InChI=1S/C13H13NOS/c15-13(9-12-5-8-16-10-12)2-1-11-3-6-14-7-4-11/h3-8,10H,1-2,9H2. The number of rotatable bonds is 5. The Morgan fingerprint density at radius 1 is 1.19 bits per heavy atom. The summed E-state index contributed by atoms with van der Waals surface area (Å²) >= 11 is 1.64. The first kappa shape index (κ1) is 11.0. The van der Waals surface area contributed by atoms with Crippen molar-refractivity contribution in [3.63, 3.8) is 0 Å². The fourth-order valence-corrected chi connectivity index (χ4v) is 2.21. The number of carbonyl (C=O) groups is 1. The Kier molecular flexibility index (Phi) is 3.83. The van der Waals surface area contributed by atoms with Gasteiger partial charge < -0.3 is 0 Å². The Morgan fingerprint density at radius 3 is 2.69 bits per heavy atom. The fourth-order valence-electron chi connectivity index (χ4n) is 1.54. The third-order valence-corrected chi connectivity index (χ3v) is 3.16. The highest BCUT2D eigenvalue weighted by atomic mass is 32.1. The highest BCUT2D eigenvalue weighted by molar-refractivity contribution is 7.07. The van der Waals surface area contributed by atoms with E-state index < -0.39 is 0 Å². The summed E-state index contributed by atoms with van der Waals surface area (Å²) in [6, 6.07) is 5.92. The van der Waals surface area contributed by atoms with Crippen molar-refractivity contribution in [1.82, 2.24) is 4.98 Å². The lowest BCUT2D eigenvalue weighted by Gasteiger charge is -2.00. The van der Waals surface area contributed by atoms with Crippen LogP contribution in [0.4, 0.5) is 0 Å². The number of hydrogen-bond donors (Lipinski definition) is 0. The number of carbonyl (C=O) groups excluding carboxylic acids is 1. The van der Waals surface area contributed by atoms with Crippen LogP contribution in [-0.2, 0) is 17.6 Å². The summed E-state index contributed by atoms with van der Waals surface area (Å²) in [5.41, 5.74) is 2.30. The molecule has 0 atom stereocenters. The first-order valence-electron chi connectivity index (χ1n) is 5.26. The van der Waals surface area contributed by atoms with E-state index in [9.17, 15) is 4.79 Å². The summed E-state index contributed by atoms with van der Waals surface area (Å²) in [6.45, 7) is 0. The molecule has 3 heteroatoms. The number of Topliss-reactive ketones (excluding diaryl/α,β-unsaturated/α-hetero) is 1. The maximum atomic E-state index is 11.7. The summed E-state index contributed by atoms with van der Waals surface area (Å²) in [4.78, 5) is 15.6. The Hall–Kier alpha value is -1.48. The van der Waals surface area contributed by atoms with Crippen LogP contribution < -0.4 is 0 Å². The molecular formula is C13H13NOS. The van der Waals surface area contributed by atoms with Crippen LogP contribution in [0.5, 0.6) is 0 Å². The predicted octanol–water partition coefficient (Wildman–Crippen LogP) is 2.89. The van der Waals surface area contributed by atoms with Crippen LogP contribution in [0.25, 0.3) is 0 Å². The minimum atomic E-state index is 0.301. The molecule has 0 N–H and O–H groups in total. The van der Waals surface area contributed by atoms with Crippen LogP contribution in [0, 0.1) is 0 Å². The molecule has 82 valence electrons. The summed E-state index contributed by atoms with van der Waals surface area (Å²) in [5, 5.41) is 4.04. The molecule has 2 rings (SSSR count). The normalized spacial score (nSPS) is 10.2. The molecular weight excluding hydrogens is 218 g/mol. The number of thiophene rings is 1. The number of ketones is 1. The highest BCUT2D eigenvalue weighted by Gasteiger charge is 2.04. The zero-order chi connectivity index (χ0) is 11.2. The lowest BCUT2D eigenvalue weighted by Crippen LogP contribution is -2.03. The van der Waals surface area contributed by atoms with Crippen LogP contribution in [-0.4, -0.2) is 10.8 Å². The van der Waals surface area contributed by atoms with Gasteiger partial charge in [0.2, 0.25) is 0 Å². The predicted molar refractivity (Wildman–Crippen MR) is 65.6 cm³/mol. The quantitative estimate of drug-likeness (QED) is 0.792. The van der Waals surface area contributed by atoms with Gasteiger partial charge in [0.15, 0.2) is 0 Å². The molecule has 0 saturated carbocycles. The third-order valence-electron chi connectivity index (χ3n) is 2.42. The van der Waals surface area contributed by atoms with Gasteiger partial charge in [-0.3, -0.25) is 9.78 Å². The Morgan fingerprint density at radius 2 is 2.00 bits per heavy atom. The van der Waals surface area contributed by atoms with Gasteiger partial charge in [-0.1, -0.05) is 0 Å². The second-order valence-corrected chi connectivity index (χ2v) is 4.48. The van der Waals surface area contributed by atoms with E-state index in [1.165, 1.54) is 5.56 Å². The van der Waals surface area contributed by atoms with E-state index in [1.54, 1.807) is 23.7 Å². The van der Waals surface area contributed by atoms with Gasteiger partial charge >= 0.3 is 0 Å². The van der Waals surface area contributed by atoms with Gasteiger partial charge in [-0.05, 0) is 46.5 Å². The minimum Gasteiger partial charge on any atom is -0.299 e. The highest BCUT2D eigenvalue weighted by Crippen LogP contribution is 2.09.